The number of nitro benzene ring substituents is 1. The van der Waals surface area contributed by atoms with Gasteiger partial charge in [-0.25, -0.2) is 0 Å². The Hall–Kier alpha value is -1.96. The first-order valence-corrected chi connectivity index (χ1v) is 6.76. The van der Waals surface area contributed by atoms with Crippen LogP contribution < -0.4 is 0 Å². The number of benzene rings is 1. The molecule has 0 heterocycles. The van der Waals surface area contributed by atoms with Crippen LogP contribution in [-0.2, 0) is 14.2 Å². The summed E-state index contributed by atoms with van der Waals surface area (Å²) in [6, 6.07) is 4.83. The number of ether oxygens (including phenoxy) is 3. The van der Waals surface area contributed by atoms with E-state index in [2.05, 4.69) is 0 Å². The highest BCUT2D eigenvalue weighted by molar-refractivity contribution is 5.64. The van der Waals surface area contributed by atoms with Crippen LogP contribution in [0, 0.1) is 10.1 Å². The molecule has 7 nitrogen and oxygen atoms in total. The minimum Gasteiger partial charge on any atom is -0.383 e. The molecule has 0 N–H and O–H groups in total. The summed E-state index contributed by atoms with van der Waals surface area (Å²) in [7, 11) is 6.75. The molecule has 1 atom stereocenters. The molecule has 0 bridgehead atoms. The minimum absolute atomic E-state index is 0.00740. The van der Waals surface area contributed by atoms with Crippen LogP contribution in [0.15, 0.2) is 24.4 Å². The zero-order valence-corrected chi connectivity index (χ0v) is 13.3. The van der Waals surface area contributed by atoms with Crippen LogP contribution in [0.5, 0.6) is 0 Å². The third-order valence-corrected chi connectivity index (χ3v) is 2.88. The topological polar surface area (TPSA) is 74.1 Å². The van der Waals surface area contributed by atoms with Gasteiger partial charge in [-0.1, -0.05) is 12.1 Å². The molecule has 0 amide bonds. The van der Waals surface area contributed by atoms with E-state index in [9.17, 15) is 10.1 Å². The summed E-state index contributed by atoms with van der Waals surface area (Å²) >= 11 is 0. The first kappa shape index (κ1) is 18.1. The molecule has 0 radical (unpaired) electrons. The molecule has 0 aromatic heterocycles. The maximum atomic E-state index is 11.2. The van der Waals surface area contributed by atoms with Crippen LogP contribution in [0.3, 0.4) is 0 Å². The molecule has 1 unspecified atom stereocenters. The van der Waals surface area contributed by atoms with Gasteiger partial charge in [-0.2, -0.15) is 0 Å². The molecular formula is C15H22N2O5. The van der Waals surface area contributed by atoms with Gasteiger partial charge >= 0.3 is 0 Å². The van der Waals surface area contributed by atoms with E-state index in [4.69, 9.17) is 14.2 Å². The van der Waals surface area contributed by atoms with E-state index in [0.29, 0.717) is 24.3 Å². The number of rotatable bonds is 9. The van der Waals surface area contributed by atoms with Crippen LogP contribution >= 0.6 is 0 Å². The van der Waals surface area contributed by atoms with Crippen LogP contribution in [0.25, 0.3) is 6.08 Å². The van der Waals surface area contributed by atoms with Crippen molar-refractivity contribution >= 4 is 11.8 Å². The van der Waals surface area contributed by atoms with Crippen LogP contribution in [0.2, 0.25) is 0 Å². The summed E-state index contributed by atoms with van der Waals surface area (Å²) in [4.78, 5) is 12.6. The van der Waals surface area contributed by atoms with Crippen LogP contribution in [0.1, 0.15) is 17.4 Å². The summed E-state index contributed by atoms with van der Waals surface area (Å²) in [6.07, 6.45) is 2.73. The second kappa shape index (κ2) is 9.14. The van der Waals surface area contributed by atoms with Gasteiger partial charge in [-0.05, 0) is 12.3 Å². The number of nitrogens with zero attached hydrogens (tertiary/aromatic N) is 2. The third-order valence-electron chi connectivity index (χ3n) is 2.88. The van der Waals surface area contributed by atoms with Crippen molar-refractivity contribution in [2.45, 2.75) is 6.29 Å². The Labute approximate surface area is 130 Å². The molecule has 0 aliphatic rings. The first-order chi connectivity index (χ1) is 10.5. The second-order valence-corrected chi connectivity index (χ2v) is 4.75. The Morgan fingerprint density at radius 1 is 1.32 bits per heavy atom. The smallest absolute Gasteiger partial charge is 0.277 e. The maximum absolute atomic E-state index is 11.2. The van der Waals surface area contributed by atoms with Gasteiger partial charge in [-0.3, -0.25) is 10.1 Å². The van der Waals surface area contributed by atoms with Crippen molar-refractivity contribution in [2.75, 3.05) is 41.5 Å². The minimum atomic E-state index is -0.697. The average Bonchev–Trinajstić information content (AvgIpc) is 2.49. The van der Waals surface area contributed by atoms with Crippen molar-refractivity contribution in [3.05, 3.63) is 45.6 Å². The zero-order valence-electron chi connectivity index (χ0n) is 13.3. The molecule has 1 rings (SSSR count). The molecule has 0 fully saturated rings. The van der Waals surface area contributed by atoms with Crippen molar-refractivity contribution in [3.8, 4) is 0 Å². The summed E-state index contributed by atoms with van der Waals surface area (Å²) in [5.41, 5.74) is 1.07. The Kier molecular flexibility index (Phi) is 7.51. The Balaban J connectivity index is 3.20. The highest BCUT2D eigenvalue weighted by Crippen LogP contribution is 2.30. The van der Waals surface area contributed by atoms with Crippen molar-refractivity contribution in [1.29, 1.82) is 0 Å². The molecule has 0 aliphatic carbocycles. The summed E-state index contributed by atoms with van der Waals surface area (Å²) in [6.45, 7) is 0.742. The number of hydrogen-bond donors (Lipinski definition) is 0. The van der Waals surface area contributed by atoms with E-state index >= 15 is 0 Å². The molecule has 0 aliphatic heterocycles. The van der Waals surface area contributed by atoms with Gasteiger partial charge in [-0.15, -0.1) is 0 Å². The molecule has 7 heteroatoms. The van der Waals surface area contributed by atoms with Gasteiger partial charge in [0.25, 0.3) is 5.69 Å². The maximum Gasteiger partial charge on any atom is 0.277 e. The standard InChI is InChI=1S/C15H22N2O5/c1-16(2)9-8-12-13(6-5-7-14(12)17(18)19)15(21-4)22-11-10-20-3/h5-9,15H,10-11H2,1-4H3/b9-8+. The van der Waals surface area contributed by atoms with E-state index in [1.54, 1.807) is 36.4 Å². The van der Waals surface area contributed by atoms with Crippen LogP contribution in [-0.4, -0.2) is 51.4 Å². The quantitative estimate of drug-likeness (QED) is 0.302. The highest BCUT2D eigenvalue weighted by Gasteiger charge is 2.21. The summed E-state index contributed by atoms with van der Waals surface area (Å²) < 4.78 is 15.8. The van der Waals surface area contributed by atoms with E-state index in [1.165, 1.54) is 13.2 Å². The summed E-state index contributed by atoms with van der Waals surface area (Å²) in [5, 5.41) is 11.2. The molecular weight excluding hydrogens is 288 g/mol. The zero-order chi connectivity index (χ0) is 16.5. The normalized spacial score (nSPS) is 12.5. The predicted octanol–water partition coefficient (Wildman–Crippen LogP) is 2.44. The molecule has 122 valence electrons. The molecule has 1 aromatic rings. The lowest BCUT2D eigenvalue weighted by atomic mass is 10.0. The van der Waals surface area contributed by atoms with E-state index in [1.807, 2.05) is 14.1 Å². The van der Waals surface area contributed by atoms with E-state index < -0.39 is 11.2 Å². The van der Waals surface area contributed by atoms with Gasteiger partial charge in [0.05, 0.1) is 23.7 Å². The largest absolute Gasteiger partial charge is 0.383 e. The SMILES string of the molecule is COCCOC(OC)c1cccc([N+](=O)[O-])c1/C=C/N(C)C. The van der Waals surface area contributed by atoms with Crippen molar-refractivity contribution < 1.29 is 19.1 Å². The molecule has 0 saturated carbocycles. The fourth-order valence-corrected chi connectivity index (χ4v) is 1.86. The lowest BCUT2D eigenvalue weighted by Gasteiger charge is -2.18. The molecule has 0 saturated heterocycles. The summed E-state index contributed by atoms with van der Waals surface area (Å²) in [5.74, 6) is 0. The predicted molar refractivity (Wildman–Crippen MR) is 83.4 cm³/mol. The fourth-order valence-electron chi connectivity index (χ4n) is 1.86. The van der Waals surface area contributed by atoms with Gasteiger partial charge in [0.2, 0.25) is 0 Å². The highest BCUT2D eigenvalue weighted by atomic mass is 16.7. The van der Waals surface area contributed by atoms with Gasteiger partial charge < -0.3 is 19.1 Å². The van der Waals surface area contributed by atoms with Crippen molar-refractivity contribution in [3.63, 3.8) is 0 Å². The van der Waals surface area contributed by atoms with Crippen molar-refractivity contribution in [2.24, 2.45) is 0 Å². The van der Waals surface area contributed by atoms with Crippen LogP contribution in [0.4, 0.5) is 5.69 Å². The van der Waals surface area contributed by atoms with Crippen molar-refractivity contribution in [1.82, 2.24) is 4.90 Å². The monoisotopic (exact) mass is 310 g/mol. The first-order valence-electron chi connectivity index (χ1n) is 6.76. The average molecular weight is 310 g/mol. The molecule has 0 spiro atoms. The third kappa shape index (κ3) is 5.10. The number of methoxy groups -OCH3 is 2. The van der Waals surface area contributed by atoms with Gasteiger partial charge in [0.15, 0.2) is 6.29 Å². The molecule has 22 heavy (non-hydrogen) atoms. The van der Waals surface area contributed by atoms with Gasteiger partial charge in [0.1, 0.15) is 0 Å². The van der Waals surface area contributed by atoms with Gasteiger partial charge in [0, 0.05) is 39.9 Å². The lowest BCUT2D eigenvalue weighted by Crippen LogP contribution is -2.13. The Morgan fingerprint density at radius 2 is 2.05 bits per heavy atom. The van der Waals surface area contributed by atoms with E-state index in [-0.39, 0.29) is 5.69 Å². The fraction of sp³-hybridized carbons (Fsp3) is 0.467. The molecule has 1 aromatic carbocycles. The lowest BCUT2D eigenvalue weighted by molar-refractivity contribution is -0.385. The number of nitro groups is 1. The second-order valence-electron chi connectivity index (χ2n) is 4.75. The Morgan fingerprint density at radius 3 is 2.59 bits per heavy atom. The Bertz CT molecular complexity index is 517. The van der Waals surface area contributed by atoms with E-state index in [0.717, 1.165) is 0 Å². The number of hydrogen-bond acceptors (Lipinski definition) is 6.